The predicted octanol–water partition coefficient (Wildman–Crippen LogP) is 6.15. The molecule has 7 heteroatoms. The van der Waals surface area contributed by atoms with Crippen molar-refractivity contribution < 1.29 is 0 Å². The van der Waals surface area contributed by atoms with Crippen LogP contribution < -0.4 is 10.5 Å². The fourth-order valence-corrected chi connectivity index (χ4v) is 5.57. The molecule has 1 saturated carbocycles. The summed E-state index contributed by atoms with van der Waals surface area (Å²) in [5.74, 6) is 0.644. The molecule has 1 aliphatic carbocycles. The van der Waals surface area contributed by atoms with Gasteiger partial charge in [0.25, 0.3) is 5.56 Å². The lowest BCUT2D eigenvalue weighted by molar-refractivity contribution is 0.107. The highest BCUT2D eigenvalue weighted by atomic mass is 35.5. The number of fused-ring (bicyclic) bond motifs is 1. The Labute approximate surface area is 204 Å². The lowest BCUT2D eigenvalue weighted by Gasteiger charge is -2.43. The lowest BCUT2D eigenvalue weighted by Crippen LogP contribution is -2.52. The van der Waals surface area contributed by atoms with Crippen molar-refractivity contribution in [2.24, 2.45) is 0 Å². The molecule has 1 fully saturated rings. The Balaban J connectivity index is 1.61. The number of anilines is 2. The van der Waals surface area contributed by atoms with E-state index < -0.39 is 0 Å². The Bertz CT molecular complexity index is 1200. The second-order valence-electron chi connectivity index (χ2n) is 9.06. The van der Waals surface area contributed by atoms with Crippen LogP contribution in [0, 0.1) is 6.92 Å². The van der Waals surface area contributed by atoms with Gasteiger partial charge in [0.1, 0.15) is 0 Å². The summed E-state index contributed by atoms with van der Waals surface area (Å²) >= 11 is 12.8. The number of aryl methyl sites for hydroxylation is 1. The van der Waals surface area contributed by atoms with E-state index in [0.29, 0.717) is 41.8 Å². The van der Waals surface area contributed by atoms with E-state index in [9.17, 15) is 4.79 Å². The van der Waals surface area contributed by atoms with Gasteiger partial charge in [-0.1, -0.05) is 72.8 Å². The maximum absolute atomic E-state index is 13.8. The van der Waals surface area contributed by atoms with Crippen molar-refractivity contribution >= 4 is 34.8 Å². The third-order valence-electron chi connectivity index (χ3n) is 6.85. The molecule has 0 saturated heterocycles. The largest absolute Gasteiger partial charge is 0.297 e. The molecule has 2 aromatic carbocycles. The molecule has 1 aliphatic heterocycles. The zero-order valence-electron chi connectivity index (χ0n) is 18.8. The van der Waals surface area contributed by atoms with E-state index in [4.69, 9.17) is 28.2 Å². The van der Waals surface area contributed by atoms with E-state index in [1.165, 1.54) is 19.3 Å². The van der Waals surface area contributed by atoms with Crippen molar-refractivity contribution in [2.45, 2.75) is 58.2 Å². The molecule has 0 radical (unpaired) electrons. The van der Waals surface area contributed by atoms with Crippen LogP contribution in [0.5, 0.6) is 0 Å². The smallest absolute Gasteiger partial charge is 0.259 e. The molecular formula is C26H28Cl2N4O. The standard InChI is InChI=1S/C26H28Cl2N4O/c1-18-22(14-19-8-4-2-5-9-19)25(33)32-17-30(21-10-6-3-7-11-21)16-31(26(32)29-18)24-13-12-20(27)15-23(24)28/h2,4-5,8-9,12-13,15,21H,3,6-7,10-11,14,16-17H2,1H3. The van der Waals surface area contributed by atoms with Gasteiger partial charge in [0.2, 0.25) is 5.95 Å². The van der Waals surface area contributed by atoms with E-state index in [2.05, 4.69) is 21.9 Å². The Kier molecular flexibility index (Phi) is 6.46. The van der Waals surface area contributed by atoms with Crippen molar-refractivity contribution in [1.29, 1.82) is 0 Å². The molecule has 0 N–H and O–H groups in total. The second-order valence-corrected chi connectivity index (χ2v) is 9.90. The zero-order valence-corrected chi connectivity index (χ0v) is 20.3. The van der Waals surface area contributed by atoms with Crippen LogP contribution in [-0.2, 0) is 13.1 Å². The van der Waals surface area contributed by atoms with Crippen LogP contribution >= 0.6 is 23.2 Å². The quantitative estimate of drug-likeness (QED) is 0.446. The third-order valence-corrected chi connectivity index (χ3v) is 7.39. The van der Waals surface area contributed by atoms with Gasteiger partial charge < -0.3 is 0 Å². The molecular weight excluding hydrogens is 455 g/mol. The first kappa shape index (κ1) is 22.5. The van der Waals surface area contributed by atoms with Crippen LogP contribution in [0.2, 0.25) is 10.0 Å². The summed E-state index contributed by atoms with van der Waals surface area (Å²) in [6.45, 7) is 3.13. The number of halogens is 2. The van der Waals surface area contributed by atoms with Gasteiger partial charge >= 0.3 is 0 Å². The summed E-state index contributed by atoms with van der Waals surface area (Å²) in [5.41, 5.74) is 3.46. The molecule has 0 bridgehead atoms. The number of hydrogen-bond acceptors (Lipinski definition) is 4. The molecule has 0 atom stereocenters. The molecule has 33 heavy (non-hydrogen) atoms. The normalized spacial score (nSPS) is 17.2. The van der Waals surface area contributed by atoms with Crippen molar-refractivity contribution in [3.63, 3.8) is 0 Å². The average molecular weight is 483 g/mol. The molecule has 0 amide bonds. The first-order valence-electron chi connectivity index (χ1n) is 11.6. The Morgan fingerprint density at radius 1 is 1.00 bits per heavy atom. The number of nitrogens with zero attached hydrogens (tertiary/aromatic N) is 4. The van der Waals surface area contributed by atoms with Gasteiger partial charge in [-0.25, -0.2) is 4.98 Å². The first-order valence-corrected chi connectivity index (χ1v) is 12.4. The maximum atomic E-state index is 13.8. The number of hydrogen-bond donors (Lipinski definition) is 0. The van der Waals surface area contributed by atoms with Gasteiger partial charge in [-0.2, -0.15) is 0 Å². The van der Waals surface area contributed by atoms with Crippen LogP contribution in [-0.4, -0.2) is 27.2 Å². The predicted molar refractivity (Wildman–Crippen MR) is 135 cm³/mol. The topological polar surface area (TPSA) is 41.4 Å². The van der Waals surface area contributed by atoms with E-state index in [0.717, 1.165) is 35.3 Å². The summed E-state index contributed by atoms with van der Waals surface area (Å²) in [5, 5.41) is 1.14. The van der Waals surface area contributed by atoms with Crippen LogP contribution in [0.4, 0.5) is 11.6 Å². The molecule has 172 valence electrons. The molecule has 1 aromatic heterocycles. The summed E-state index contributed by atoms with van der Waals surface area (Å²) in [4.78, 5) is 23.2. The van der Waals surface area contributed by atoms with E-state index in [1.807, 2.05) is 41.8 Å². The summed E-state index contributed by atoms with van der Waals surface area (Å²) in [6, 6.07) is 16.0. The number of rotatable bonds is 4. The lowest BCUT2D eigenvalue weighted by atomic mass is 9.94. The van der Waals surface area contributed by atoms with Gasteiger partial charge in [-0.3, -0.25) is 19.2 Å². The zero-order chi connectivity index (χ0) is 22.9. The monoisotopic (exact) mass is 482 g/mol. The molecule has 5 rings (SSSR count). The highest BCUT2D eigenvalue weighted by molar-refractivity contribution is 6.36. The molecule has 0 unspecified atom stereocenters. The molecule has 0 spiro atoms. The van der Waals surface area contributed by atoms with Crippen LogP contribution in [0.3, 0.4) is 0 Å². The van der Waals surface area contributed by atoms with Gasteiger partial charge in [0.05, 0.1) is 29.7 Å². The van der Waals surface area contributed by atoms with Gasteiger partial charge in [0, 0.05) is 23.0 Å². The summed E-state index contributed by atoms with van der Waals surface area (Å²) in [6.07, 6.45) is 6.64. The minimum absolute atomic E-state index is 0.0250. The molecule has 2 heterocycles. The van der Waals surface area contributed by atoms with Crippen LogP contribution in [0.15, 0.2) is 53.3 Å². The summed E-state index contributed by atoms with van der Waals surface area (Å²) < 4.78 is 1.83. The van der Waals surface area contributed by atoms with Gasteiger partial charge in [0.15, 0.2) is 0 Å². The summed E-state index contributed by atoms with van der Waals surface area (Å²) in [7, 11) is 0. The van der Waals surface area contributed by atoms with E-state index >= 15 is 0 Å². The van der Waals surface area contributed by atoms with Crippen LogP contribution in [0.25, 0.3) is 0 Å². The molecule has 3 aromatic rings. The SMILES string of the molecule is Cc1nc2n(c(=O)c1Cc1ccccc1)CN(C1CCCCC1)CN2c1ccc(Cl)cc1Cl. The highest BCUT2D eigenvalue weighted by Gasteiger charge is 2.32. The van der Waals surface area contributed by atoms with Crippen LogP contribution in [0.1, 0.15) is 48.9 Å². The average Bonchev–Trinajstić information content (AvgIpc) is 2.83. The minimum atomic E-state index is 0.0250. The maximum Gasteiger partial charge on any atom is 0.259 e. The Hall–Kier alpha value is -2.34. The molecule has 2 aliphatic rings. The first-order chi connectivity index (χ1) is 16.0. The van der Waals surface area contributed by atoms with Gasteiger partial charge in [-0.05, 0) is 43.5 Å². The Morgan fingerprint density at radius 2 is 1.76 bits per heavy atom. The van der Waals surface area contributed by atoms with Crippen molar-refractivity contribution in [2.75, 3.05) is 11.6 Å². The highest BCUT2D eigenvalue weighted by Crippen LogP contribution is 2.36. The minimum Gasteiger partial charge on any atom is -0.297 e. The fraction of sp³-hybridized carbons (Fsp3) is 0.385. The van der Waals surface area contributed by atoms with Crippen molar-refractivity contribution in [1.82, 2.24) is 14.5 Å². The number of benzene rings is 2. The second kappa shape index (κ2) is 9.49. The fourth-order valence-electron chi connectivity index (χ4n) is 5.06. The number of aromatic nitrogens is 2. The van der Waals surface area contributed by atoms with E-state index in [-0.39, 0.29) is 5.56 Å². The van der Waals surface area contributed by atoms with Crippen molar-refractivity contribution in [3.05, 3.63) is 85.8 Å². The third kappa shape index (κ3) is 4.54. The van der Waals surface area contributed by atoms with Gasteiger partial charge in [-0.15, -0.1) is 0 Å². The van der Waals surface area contributed by atoms with Crippen molar-refractivity contribution in [3.8, 4) is 0 Å². The van der Waals surface area contributed by atoms with E-state index in [1.54, 1.807) is 6.07 Å². The Morgan fingerprint density at radius 3 is 2.48 bits per heavy atom. The molecule has 5 nitrogen and oxygen atoms in total.